The standard InChI is InChI=1S/C26H28ClN3O8S2/c1-25(2,3)11-12-26(38-20(31)14-27)17-8-6-5-7-16(17)22(32)21(23(26)33)24-28-18-10-9-15(29-39(4,34)35)13-19(18)40(36,37)30-24/h5-10,13,21,29H,11-12,14H2,1-4H3,(H,28,30). The number of ether oxygens (including phenoxy) is 1. The van der Waals surface area contributed by atoms with Crippen LogP contribution >= 0.6 is 11.6 Å². The highest BCUT2D eigenvalue weighted by Gasteiger charge is 2.56. The summed E-state index contributed by atoms with van der Waals surface area (Å²) in [6, 6.07) is 9.90. The predicted octanol–water partition coefficient (Wildman–Crippen LogP) is 3.46. The number of anilines is 2. The van der Waals surface area contributed by atoms with Crippen molar-refractivity contribution in [1.82, 2.24) is 0 Å². The number of Topliss-reactive ketones (excluding diaryl/α,β-unsaturated/α-hetero) is 2. The Bertz CT molecular complexity index is 1660. The van der Waals surface area contributed by atoms with Crippen molar-refractivity contribution in [1.29, 1.82) is 0 Å². The number of nitrogens with zero attached hydrogens (tertiary/aromatic N) is 1. The number of hydrogen-bond donors (Lipinski definition) is 2. The maximum atomic E-state index is 14.3. The third kappa shape index (κ3) is 5.77. The van der Waals surface area contributed by atoms with Crippen molar-refractivity contribution in [3.63, 3.8) is 0 Å². The summed E-state index contributed by atoms with van der Waals surface area (Å²) in [6.45, 7) is 5.82. The normalized spacial score (nSPS) is 21.9. The van der Waals surface area contributed by atoms with Crippen LogP contribution in [-0.4, -0.2) is 52.3 Å². The Morgan fingerprint density at radius 2 is 1.85 bits per heavy atom. The quantitative estimate of drug-likeness (QED) is 0.271. The third-order valence-corrected chi connectivity index (χ3v) is 8.65. The topological polar surface area (TPSA) is 165 Å². The van der Waals surface area contributed by atoms with Crippen molar-refractivity contribution < 1.29 is 36.0 Å². The van der Waals surface area contributed by atoms with Crippen molar-refractivity contribution >= 4 is 66.4 Å². The summed E-state index contributed by atoms with van der Waals surface area (Å²) in [7, 11) is -8.18. The average molecular weight is 610 g/mol. The lowest BCUT2D eigenvalue weighted by Crippen LogP contribution is -2.55. The largest absolute Gasteiger partial charge is 0.445 e. The number of carbonyl (C=O) groups is 3. The van der Waals surface area contributed by atoms with E-state index in [1.54, 1.807) is 12.1 Å². The van der Waals surface area contributed by atoms with Crippen LogP contribution in [0.25, 0.3) is 0 Å². The molecule has 1 aliphatic carbocycles. The molecule has 1 heterocycles. The first-order valence-corrected chi connectivity index (χ1v) is 16.0. The number of esters is 1. The average Bonchev–Trinajstić information content (AvgIpc) is 2.84. The molecule has 2 unspecified atom stereocenters. The number of ketones is 2. The van der Waals surface area contributed by atoms with Gasteiger partial charge < -0.3 is 10.1 Å². The van der Waals surface area contributed by atoms with Crippen LogP contribution in [0.5, 0.6) is 0 Å². The summed E-state index contributed by atoms with van der Waals surface area (Å²) < 4.78 is 61.4. The fourth-order valence-electron chi connectivity index (χ4n) is 4.71. The first-order valence-electron chi connectivity index (χ1n) is 12.2. The van der Waals surface area contributed by atoms with Gasteiger partial charge in [-0.2, -0.15) is 8.42 Å². The van der Waals surface area contributed by atoms with Gasteiger partial charge in [0.1, 0.15) is 22.5 Å². The van der Waals surface area contributed by atoms with Crippen LogP contribution < -0.4 is 10.0 Å². The number of amidine groups is 1. The van der Waals surface area contributed by atoms with Crippen LogP contribution in [0.15, 0.2) is 51.8 Å². The van der Waals surface area contributed by atoms with Crippen LogP contribution in [0.1, 0.15) is 49.5 Å². The molecule has 14 heteroatoms. The summed E-state index contributed by atoms with van der Waals surface area (Å²) in [6.07, 6.45) is 1.33. The molecule has 0 aromatic heterocycles. The maximum Gasteiger partial charge on any atom is 0.322 e. The number of rotatable bonds is 7. The molecule has 2 aliphatic rings. The van der Waals surface area contributed by atoms with E-state index in [0.29, 0.717) is 6.42 Å². The van der Waals surface area contributed by atoms with Crippen LogP contribution in [-0.2, 0) is 40.0 Å². The zero-order chi connectivity index (χ0) is 29.7. The van der Waals surface area contributed by atoms with E-state index in [1.807, 2.05) is 20.8 Å². The summed E-state index contributed by atoms with van der Waals surface area (Å²) in [5.41, 5.74) is -1.97. The third-order valence-electron chi connectivity index (χ3n) is 6.49. The van der Waals surface area contributed by atoms with Gasteiger partial charge in [-0.3, -0.25) is 19.1 Å². The first kappa shape index (κ1) is 29.7. The Kier molecular flexibility index (Phi) is 7.63. The maximum absolute atomic E-state index is 14.3. The van der Waals surface area contributed by atoms with Gasteiger partial charge in [0.25, 0.3) is 10.0 Å². The van der Waals surface area contributed by atoms with Crippen LogP contribution in [0.2, 0.25) is 0 Å². The van der Waals surface area contributed by atoms with E-state index in [4.69, 9.17) is 16.3 Å². The molecule has 0 spiro atoms. The molecule has 0 amide bonds. The lowest BCUT2D eigenvalue weighted by Gasteiger charge is -2.41. The second-order valence-corrected chi connectivity index (χ2v) is 14.5. The van der Waals surface area contributed by atoms with Crippen molar-refractivity contribution in [2.75, 3.05) is 22.2 Å². The minimum absolute atomic E-state index is 0.00982. The van der Waals surface area contributed by atoms with Crippen molar-refractivity contribution in [3.05, 3.63) is 53.6 Å². The molecular formula is C26H28ClN3O8S2. The minimum Gasteiger partial charge on any atom is -0.445 e. The van der Waals surface area contributed by atoms with E-state index in [9.17, 15) is 31.2 Å². The van der Waals surface area contributed by atoms with E-state index in [1.165, 1.54) is 24.3 Å². The van der Waals surface area contributed by atoms with E-state index < -0.39 is 60.8 Å². The lowest BCUT2D eigenvalue weighted by atomic mass is 9.68. The van der Waals surface area contributed by atoms with Gasteiger partial charge in [-0.25, -0.2) is 8.42 Å². The molecule has 0 radical (unpaired) electrons. The lowest BCUT2D eigenvalue weighted by molar-refractivity contribution is -0.169. The molecule has 40 heavy (non-hydrogen) atoms. The summed E-state index contributed by atoms with van der Waals surface area (Å²) in [5, 5.41) is 2.77. The fraction of sp³-hybridized carbons (Fsp3) is 0.385. The second-order valence-electron chi connectivity index (χ2n) is 10.9. The Hall–Kier alpha value is -3.29. The molecule has 0 bridgehead atoms. The van der Waals surface area contributed by atoms with E-state index >= 15 is 0 Å². The van der Waals surface area contributed by atoms with Crippen LogP contribution in [0.4, 0.5) is 11.4 Å². The number of fused-ring (bicyclic) bond motifs is 2. The first-order chi connectivity index (χ1) is 18.5. The molecule has 0 saturated carbocycles. The highest BCUT2D eigenvalue weighted by atomic mass is 35.5. The Morgan fingerprint density at radius 3 is 2.48 bits per heavy atom. The highest BCUT2D eigenvalue weighted by molar-refractivity contribution is 7.92. The van der Waals surface area contributed by atoms with Gasteiger partial charge in [-0.1, -0.05) is 45.0 Å². The number of nitrogens with one attached hydrogen (secondary N) is 2. The van der Waals surface area contributed by atoms with Gasteiger partial charge in [0, 0.05) is 16.8 Å². The van der Waals surface area contributed by atoms with Gasteiger partial charge in [-0.05, 0) is 36.5 Å². The van der Waals surface area contributed by atoms with E-state index in [0.717, 1.165) is 12.3 Å². The molecule has 2 aromatic rings. The zero-order valence-electron chi connectivity index (χ0n) is 22.1. The molecule has 4 rings (SSSR count). The molecule has 0 fully saturated rings. The van der Waals surface area contributed by atoms with Crippen molar-refractivity contribution in [3.8, 4) is 0 Å². The van der Waals surface area contributed by atoms with Gasteiger partial charge in [0.2, 0.25) is 10.0 Å². The molecule has 2 atom stereocenters. The zero-order valence-corrected chi connectivity index (χ0v) is 24.5. The van der Waals surface area contributed by atoms with Crippen molar-refractivity contribution in [2.45, 2.75) is 44.1 Å². The van der Waals surface area contributed by atoms with Gasteiger partial charge in [0.15, 0.2) is 17.2 Å². The van der Waals surface area contributed by atoms with Gasteiger partial charge >= 0.3 is 5.97 Å². The number of benzene rings is 2. The summed E-state index contributed by atoms with van der Waals surface area (Å²) in [5.74, 6) is -5.18. The van der Waals surface area contributed by atoms with Crippen molar-refractivity contribution in [2.24, 2.45) is 15.7 Å². The highest BCUT2D eigenvalue weighted by Crippen LogP contribution is 2.45. The summed E-state index contributed by atoms with van der Waals surface area (Å²) >= 11 is 5.75. The molecule has 2 aromatic carbocycles. The van der Waals surface area contributed by atoms with E-state index in [2.05, 4.69) is 14.4 Å². The number of hydrogen-bond acceptors (Lipinski definition) is 9. The monoisotopic (exact) mass is 609 g/mol. The number of alkyl halides is 1. The summed E-state index contributed by atoms with van der Waals surface area (Å²) in [4.78, 5) is 40.2. The molecule has 11 nitrogen and oxygen atoms in total. The molecule has 2 N–H and O–H groups in total. The van der Waals surface area contributed by atoms with Gasteiger partial charge in [0.05, 0.1) is 11.9 Å². The van der Waals surface area contributed by atoms with E-state index in [-0.39, 0.29) is 39.2 Å². The number of carbonyl (C=O) groups excluding carboxylic acids is 3. The minimum atomic E-state index is -4.49. The molecule has 214 valence electrons. The van der Waals surface area contributed by atoms with Crippen LogP contribution in [0.3, 0.4) is 0 Å². The SMILES string of the molecule is CC(C)(C)CCC1(OC(=O)CCl)C(=O)C(C2=NS(=O)(=O)c3cc(NS(C)(=O)=O)ccc3N2)C(=O)c2ccccc21. The molecule has 1 aliphatic heterocycles. The number of sulfonamides is 2. The Balaban J connectivity index is 1.86. The van der Waals surface area contributed by atoms with Gasteiger partial charge in [-0.15, -0.1) is 16.0 Å². The predicted molar refractivity (Wildman–Crippen MR) is 150 cm³/mol. The molecule has 0 saturated heterocycles. The van der Waals surface area contributed by atoms with Crippen LogP contribution in [0, 0.1) is 11.3 Å². The Morgan fingerprint density at radius 1 is 1.18 bits per heavy atom. The Labute approximate surface area is 237 Å². The smallest absolute Gasteiger partial charge is 0.322 e. The fourth-order valence-corrected chi connectivity index (χ4v) is 6.50. The number of halogens is 1. The molecular weight excluding hydrogens is 582 g/mol. The second kappa shape index (κ2) is 10.3.